The van der Waals surface area contributed by atoms with E-state index < -0.39 is 0 Å². The molecule has 1 aliphatic heterocycles. The number of hydrogen-bond acceptors (Lipinski definition) is 2. The number of rotatable bonds is 4. The summed E-state index contributed by atoms with van der Waals surface area (Å²) in [5, 5.41) is 10.4. The summed E-state index contributed by atoms with van der Waals surface area (Å²) in [6, 6.07) is 8.50. The van der Waals surface area contributed by atoms with Crippen LogP contribution < -0.4 is 0 Å². The molecule has 0 bridgehead atoms. The SMILES string of the molecule is CCC(CC)C(O)C1CSc2ccccc21. The third kappa shape index (κ3) is 2.14. The molecule has 1 nitrogen and oxygen atoms in total. The molecule has 1 N–H and O–H groups in total. The molecule has 16 heavy (non-hydrogen) atoms. The Morgan fingerprint density at radius 1 is 1.31 bits per heavy atom. The molecule has 2 rings (SSSR count). The molecule has 2 atom stereocenters. The van der Waals surface area contributed by atoms with Gasteiger partial charge in [-0.2, -0.15) is 0 Å². The molecule has 0 amide bonds. The van der Waals surface area contributed by atoms with Gasteiger partial charge < -0.3 is 5.11 Å². The van der Waals surface area contributed by atoms with E-state index in [1.165, 1.54) is 10.5 Å². The zero-order chi connectivity index (χ0) is 11.5. The average Bonchev–Trinajstić information content (AvgIpc) is 2.74. The van der Waals surface area contributed by atoms with Gasteiger partial charge in [-0.25, -0.2) is 0 Å². The highest BCUT2D eigenvalue weighted by Gasteiger charge is 2.32. The number of benzene rings is 1. The molecule has 2 unspecified atom stereocenters. The fraction of sp³-hybridized carbons (Fsp3) is 0.571. The van der Waals surface area contributed by atoms with Crippen molar-refractivity contribution in [3.05, 3.63) is 29.8 Å². The van der Waals surface area contributed by atoms with Crippen LogP contribution in [0.1, 0.15) is 38.2 Å². The minimum atomic E-state index is -0.175. The topological polar surface area (TPSA) is 20.2 Å². The van der Waals surface area contributed by atoms with Gasteiger partial charge in [0.05, 0.1) is 6.10 Å². The van der Waals surface area contributed by atoms with Gasteiger partial charge in [-0.15, -0.1) is 11.8 Å². The lowest BCUT2D eigenvalue weighted by Crippen LogP contribution is -2.27. The van der Waals surface area contributed by atoms with E-state index in [1.54, 1.807) is 0 Å². The molecular formula is C14H20OS. The van der Waals surface area contributed by atoms with Crippen molar-refractivity contribution in [3.8, 4) is 0 Å². The van der Waals surface area contributed by atoms with Gasteiger partial charge >= 0.3 is 0 Å². The van der Waals surface area contributed by atoms with Gasteiger partial charge in [0, 0.05) is 16.6 Å². The van der Waals surface area contributed by atoms with Crippen molar-refractivity contribution in [1.82, 2.24) is 0 Å². The average molecular weight is 236 g/mol. The Kier molecular flexibility index (Phi) is 3.93. The maximum absolute atomic E-state index is 10.4. The Morgan fingerprint density at radius 3 is 2.69 bits per heavy atom. The van der Waals surface area contributed by atoms with Crippen LogP contribution >= 0.6 is 11.8 Å². The summed E-state index contributed by atoms with van der Waals surface area (Å²) in [4.78, 5) is 1.36. The molecule has 0 spiro atoms. The van der Waals surface area contributed by atoms with Gasteiger partial charge in [0.15, 0.2) is 0 Å². The predicted molar refractivity (Wildman–Crippen MR) is 70.0 cm³/mol. The molecule has 1 heterocycles. The first-order valence-electron chi connectivity index (χ1n) is 6.17. The standard InChI is InChI=1S/C14H20OS/c1-3-10(4-2)14(15)12-9-16-13-8-6-5-7-11(12)13/h5-8,10,12,14-15H,3-4,9H2,1-2H3. The molecule has 0 fully saturated rings. The highest BCUT2D eigenvalue weighted by atomic mass is 32.2. The second-order valence-electron chi connectivity index (χ2n) is 4.52. The van der Waals surface area contributed by atoms with Crippen LogP contribution in [0.3, 0.4) is 0 Å². The summed E-state index contributed by atoms with van der Waals surface area (Å²) in [6.07, 6.45) is 1.97. The van der Waals surface area contributed by atoms with Crippen molar-refractivity contribution in [1.29, 1.82) is 0 Å². The van der Waals surface area contributed by atoms with Crippen LogP contribution in [0.15, 0.2) is 29.2 Å². The Morgan fingerprint density at radius 2 is 2.00 bits per heavy atom. The van der Waals surface area contributed by atoms with E-state index in [0.29, 0.717) is 11.8 Å². The Balaban J connectivity index is 2.18. The van der Waals surface area contributed by atoms with Crippen molar-refractivity contribution in [2.24, 2.45) is 5.92 Å². The van der Waals surface area contributed by atoms with Crippen molar-refractivity contribution in [3.63, 3.8) is 0 Å². The van der Waals surface area contributed by atoms with Crippen molar-refractivity contribution < 1.29 is 5.11 Å². The van der Waals surface area contributed by atoms with Gasteiger partial charge in [-0.1, -0.05) is 44.9 Å². The zero-order valence-electron chi connectivity index (χ0n) is 10.0. The molecule has 0 saturated carbocycles. The largest absolute Gasteiger partial charge is 0.392 e. The summed E-state index contributed by atoms with van der Waals surface area (Å²) in [6.45, 7) is 4.34. The molecule has 1 aliphatic rings. The first kappa shape index (κ1) is 12.0. The van der Waals surface area contributed by atoms with Crippen LogP contribution in [-0.4, -0.2) is 17.0 Å². The Hall–Kier alpha value is -0.470. The van der Waals surface area contributed by atoms with Crippen molar-refractivity contribution in [2.75, 3.05) is 5.75 Å². The molecule has 1 aromatic rings. The predicted octanol–water partition coefficient (Wildman–Crippen LogP) is 3.67. The smallest absolute Gasteiger partial charge is 0.0645 e. The van der Waals surface area contributed by atoms with Gasteiger partial charge in [0.1, 0.15) is 0 Å². The molecule has 0 saturated heterocycles. The zero-order valence-corrected chi connectivity index (χ0v) is 10.8. The number of aliphatic hydroxyl groups excluding tert-OH is 1. The number of hydrogen-bond donors (Lipinski definition) is 1. The van der Waals surface area contributed by atoms with Crippen LogP contribution in [0.4, 0.5) is 0 Å². The second-order valence-corrected chi connectivity index (χ2v) is 5.58. The number of fused-ring (bicyclic) bond motifs is 1. The molecular weight excluding hydrogens is 216 g/mol. The highest BCUT2D eigenvalue weighted by Crippen LogP contribution is 2.43. The number of aliphatic hydroxyl groups is 1. The summed E-state index contributed by atoms with van der Waals surface area (Å²) < 4.78 is 0. The van der Waals surface area contributed by atoms with Gasteiger partial charge in [-0.3, -0.25) is 0 Å². The first-order chi connectivity index (χ1) is 7.77. The van der Waals surface area contributed by atoms with Crippen LogP contribution in [0.5, 0.6) is 0 Å². The molecule has 2 heteroatoms. The monoisotopic (exact) mass is 236 g/mol. The minimum Gasteiger partial charge on any atom is -0.392 e. The van der Waals surface area contributed by atoms with Gasteiger partial charge in [0.2, 0.25) is 0 Å². The fourth-order valence-electron chi connectivity index (χ4n) is 2.57. The molecule has 0 aliphatic carbocycles. The molecule has 88 valence electrons. The fourth-order valence-corrected chi connectivity index (χ4v) is 3.87. The molecule has 0 radical (unpaired) electrons. The van der Waals surface area contributed by atoms with E-state index in [2.05, 4.69) is 38.1 Å². The van der Waals surface area contributed by atoms with E-state index in [1.807, 2.05) is 11.8 Å². The maximum atomic E-state index is 10.4. The highest BCUT2D eigenvalue weighted by molar-refractivity contribution is 7.99. The lowest BCUT2D eigenvalue weighted by Gasteiger charge is -2.26. The van der Waals surface area contributed by atoms with Gasteiger partial charge in [0.25, 0.3) is 0 Å². The first-order valence-corrected chi connectivity index (χ1v) is 7.16. The van der Waals surface area contributed by atoms with Crippen molar-refractivity contribution in [2.45, 2.75) is 43.6 Å². The van der Waals surface area contributed by atoms with Crippen LogP contribution in [-0.2, 0) is 0 Å². The van der Waals surface area contributed by atoms with E-state index in [4.69, 9.17) is 0 Å². The van der Waals surface area contributed by atoms with Crippen molar-refractivity contribution >= 4 is 11.8 Å². The quantitative estimate of drug-likeness (QED) is 0.860. The van der Waals surface area contributed by atoms with Crippen LogP contribution in [0, 0.1) is 5.92 Å². The summed E-state index contributed by atoms with van der Waals surface area (Å²) >= 11 is 1.88. The normalized spacial score (nSPS) is 21.1. The molecule has 0 aromatic heterocycles. The minimum absolute atomic E-state index is 0.175. The lowest BCUT2D eigenvalue weighted by molar-refractivity contribution is 0.0827. The van der Waals surface area contributed by atoms with Gasteiger partial charge in [-0.05, 0) is 17.5 Å². The molecule has 1 aromatic carbocycles. The van der Waals surface area contributed by atoms with E-state index in [-0.39, 0.29) is 6.10 Å². The third-order valence-electron chi connectivity index (χ3n) is 3.68. The Labute approximate surface area is 102 Å². The van der Waals surface area contributed by atoms with Crippen LogP contribution in [0.2, 0.25) is 0 Å². The summed E-state index contributed by atoms with van der Waals surface area (Å²) in [5.74, 6) is 1.82. The second kappa shape index (κ2) is 5.24. The summed E-state index contributed by atoms with van der Waals surface area (Å²) in [5.41, 5.74) is 1.35. The van der Waals surface area contributed by atoms with E-state index in [0.717, 1.165) is 18.6 Å². The third-order valence-corrected chi connectivity index (χ3v) is 4.89. The number of thioether (sulfide) groups is 1. The van der Waals surface area contributed by atoms with E-state index >= 15 is 0 Å². The maximum Gasteiger partial charge on any atom is 0.0645 e. The Bertz CT molecular complexity index is 346. The summed E-state index contributed by atoms with van der Waals surface area (Å²) in [7, 11) is 0. The van der Waals surface area contributed by atoms with Crippen LogP contribution in [0.25, 0.3) is 0 Å². The van der Waals surface area contributed by atoms with E-state index in [9.17, 15) is 5.11 Å². The lowest BCUT2D eigenvalue weighted by atomic mass is 9.84.